The molecule has 13 nitrogen and oxygen atoms in total. The molecule has 0 saturated heterocycles. The zero-order valence-electron chi connectivity index (χ0n) is 28.7. The zero-order valence-corrected chi connectivity index (χ0v) is 28.7. The van der Waals surface area contributed by atoms with E-state index in [1.807, 2.05) is 60.7 Å². The van der Waals surface area contributed by atoms with Crippen LogP contribution in [0.15, 0.2) is 102 Å². The Morgan fingerprint density at radius 1 is 0.885 bits per heavy atom. The molecule has 2 aliphatic rings. The predicted molar refractivity (Wildman–Crippen MR) is 194 cm³/mol. The van der Waals surface area contributed by atoms with Crippen LogP contribution < -0.4 is 10.9 Å². The maximum atomic E-state index is 14.0. The first-order valence-electron chi connectivity index (χ1n) is 17.1. The van der Waals surface area contributed by atoms with Gasteiger partial charge in [-0.25, -0.2) is 14.5 Å². The maximum absolute atomic E-state index is 14.0. The van der Waals surface area contributed by atoms with Crippen LogP contribution in [0, 0.1) is 0 Å². The van der Waals surface area contributed by atoms with Crippen molar-refractivity contribution in [1.29, 1.82) is 0 Å². The van der Waals surface area contributed by atoms with Gasteiger partial charge in [-0.1, -0.05) is 30.3 Å². The van der Waals surface area contributed by atoms with Gasteiger partial charge in [0.1, 0.15) is 0 Å². The third-order valence-electron chi connectivity index (χ3n) is 9.34. The summed E-state index contributed by atoms with van der Waals surface area (Å²) < 4.78 is 1.46. The lowest BCUT2D eigenvalue weighted by Crippen LogP contribution is -2.53. The largest absolute Gasteiger partial charge is 0.322 e. The fraction of sp³-hybridized carbons (Fsp3) is 0.231. The number of aryl methyl sites for hydroxylation is 1. The van der Waals surface area contributed by atoms with E-state index in [2.05, 4.69) is 15.3 Å². The van der Waals surface area contributed by atoms with Crippen LogP contribution >= 0.6 is 0 Å². The maximum Gasteiger partial charge on any atom is 0.322 e. The van der Waals surface area contributed by atoms with Crippen LogP contribution in [0.1, 0.15) is 44.2 Å². The number of nitrogens with zero attached hydrogens (tertiary/aromatic N) is 7. The monoisotopic (exact) mass is 696 g/mol. The summed E-state index contributed by atoms with van der Waals surface area (Å²) in [4.78, 5) is 74.4. The number of imide groups is 1. The molecule has 52 heavy (non-hydrogen) atoms. The van der Waals surface area contributed by atoms with Crippen LogP contribution in [-0.2, 0) is 34.0 Å². The number of anilines is 1. The number of nitrogens with one attached hydrogen (secondary N) is 1. The molecule has 0 bridgehead atoms. The Morgan fingerprint density at radius 3 is 2.40 bits per heavy atom. The highest BCUT2D eigenvalue weighted by atomic mass is 16.2. The van der Waals surface area contributed by atoms with Crippen molar-refractivity contribution in [3.05, 3.63) is 119 Å². The van der Waals surface area contributed by atoms with Crippen LogP contribution in [0.4, 0.5) is 10.5 Å². The molecule has 5 amide bonds. The Balaban J connectivity index is 1.11. The fourth-order valence-corrected chi connectivity index (χ4v) is 6.73. The number of aromatic nitrogens is 4. The predicted octanol–water partition coefficient (Wildman–Crippen LogP) is 5.32. The minimum absolute atomic E-state index is 0.210. The molecule has 0 radical (unpaired) electrons. The summed E-state index contributed by atoms with van der Waals surface area (Å²) in [6.07, 6.45) is 9.14. The summed E-state index contributed by atoms with van der Waals surface area (Å²) >= 11 is 0. The van der Waals surface area contributed by atoms with Crippen molar-refractivity contribution in [2.75, 3.05) is 5.32 Å². The van der Waals surface area contributed by atoms with Crippen LogP contribution in [-0.4, -0.2) is 64.5 Å². The second kappa shape index (κ2) is 14.4. The Labute approximate surface area is 299 Å². The molecule has 2 aliphatic heterocycles. The second-order valence-corrected chi connectivity index (χ2v) is 12.9. The van der Waals surface area contributed by atoms with Crippen molar-refractivity contribution in [3.63, 3.8) is 0 Å². The van der Waals surface area contributed by atoms with Crippen molar-refractivity contribution < 1.29 is 19.2 Å². The molecule has 5 heterocycles. The molecule has 262 valence electrons. The van der Waals surface area contributed by atoms with E-state index in [-0.39, 0.29) is 11.6 Å². The molecule has 1 N–H and O–H groups in total. The minimum Gasteiger partial charge on any atom is -0.316 e. The van der Waals surface area contributed by atoms with Crippen molar-refractivity contribution >= 4 is 40.3 Å². The van der Waals surface area contributed by atoms with E-state index in [1.54, 1.807) is 36.5 Å². The van der Waals surface area contributed by atoms with Crippen LogP contribution in [0.2, 0.25) is 0 Å². The summed E-state index contributed by atoms with van der Waals surface area (Å²) in [7, 11) is 0. The van der Waals surface area contributed by atoms with E-state index >= 15 is 0 Å². The number of carbonyl (C=O) groups excluding carboxylic acids is 4. The quantitative estimate of drug-likeness (QED) is 0.152. The zero-order chi connectivity index (χ0) is 36.4. The van der Waals surface area contributed by atoms with Gasteiger partial charge in [0, 0.05) is 73.9 Å². The molecule has 0 fully saturated rings. The van der Waals surface area contributed by atoms with E-state index in [0.717, 1.165) is 50.3 Å². The van der Waals surface area contributed by atoms with Crippen LogP contribution in [0.5, 0.6) is 0 Å². The minimum atomic E-state index is -0.554. The number of fused-ring (bicyclic) bond motifs is 2. The summed E-state index contributed by atoms with van der Waals surface area (Å²) in [6, 6.07) is 19.8. The molecule has 13 heteroatoms. The van der Waals surface area contributed by atoms with Gasteiger partial charge in [-0.05, 0) is 79.3 Å². The summed E-state index contributed by atoms with van der Waals surface area (Å²) in [6.45, 7) is 4.41. The smallest absolute Gasteiger partial charge is 0.316 e. The first-order valence-corrected chi connectivity index (χ1v) is 17.1. The molecular weight excluding hydrogens is 660 g/mol. The van der Waals surface area contributed by atoms with Gasteiger partial charge in [-0.2, -0.15) is 10.1 Å². The van der Waals surface area contributed by atoms with Gasteiger partial charge in [0.2, 0.25) is 5.91 Å². The Kier molecular flexibility index (Phi) is 9.40. The molecule has 2 aromatic carbocycles. The van der Waals surface area contributed by atoms with Crippen molar-refractivity contribution in [2.24, 2.45) is 0 Å². The standard InChI is InChI=1S/C39H36N8O5/c1-25(46(26(2)48)47-36(49)15-16-37(47)50)7-3-4-20-45-38(51)33(31-8-5-10-34-32(31)9-6-18-41-34)21-35(43-45)27-11-13-30(14-12-27)42-39(52)44-23-28-17-19-40-22-29(28)24-44/h5-6,8-19,21-22,25H,3-4,7,20,23-24H2,1-2H3,(H,42,52). The van der Waals surface area contributed by atoms with E-state index in [4.69, 9.17) is 5.10 Å². The Bertz CT molecular complexity index is 2250. The summed E-state index contributed by atoms with van der Waals surface area (Å²) in [5.41, 5.74) is 5.78. The lowest BCUT2D eigenvalue weighted by Gasteiger charge is -2.34. The van der Waals surface area contributed by atoms with Gasteiger partial charge in [0.25, 0.3) is 17.4 Å². The Morgan fingerprint density at radius 2 is 1.65 bits per heavy atom. The molecule has 1 atom stereocenters. The number of carbonyl (C=O) groups is 4. The van der Waals surface area contributed by atoms with Gasteiger partial charge in [0.05, 0.1) is 22.8 Å². The lowest BCUT2D eigenvalue weighted by atomic mass is 10.00. The van der Waals surface area contributed by atoms with Gasteiger partial charge >= 0.3 is 6.03 Å². The number of pyridine rings is 2. The number of amides is 5. The SMILES string of the molecule is CC(=O)N(C(C)CCCCn1nc(-c2ccc(NC(=O)N3Cc4ccncc4C3)cc2)cc(-c2cccc3ncccc23)c1=O)N1C(=O)C=CC1=O. The highest BCUT2D eigenvalue weighted by Gasteiger charge is 2.34. The molecule has 0 saturated carbocycles. The van der Waals surface area contributed by atoms with Crippen molar-refractivity contribution in [2.45, 2.75) is 58.8 Å². The second-order valence-electron chi connectivity index (χ2n) is 12.9. The van der Waals surface area contributed by atoms with Gasteiger partial charge in [0.15, 0.2) is 0 Å². The van der Waals surface area contributed by atoms with E-state index in [9.17, 15) is 24.0 Å². The molecule has 5 aromatic rings. The molecule has 1 unspecified atom stereocenters. The number of hydrogen-bond acceptors (Lipinski definition) is 8. The average molecular weight is 697 g/mol. The number of unbranched alkanes of at least 4 members (excludes halogenated alkanes) is 1. The molecule has 3 aromatic heterocycles. The first kappa shape index (κ1) is 34.0. The number of benzene rings is 2. The number of hydrogen-bond donors (Lipinski definition) is 1. The molecular formula is C39H36N8O5. The van der Waals surface area contributed by atoms with Crippen molar-refractivity contribution in [3.8, 4) is 22.4 Å². The van der Waals surface area contributed by atoms with Gasteiger partial charge in [-0.15, -0.1) is 0 Å². The average Bonchev–Trinajstić information content (AvgIpc) is 3.73. The lowest BCUT2D eigenvalue weighted by molar-refractivity contribution is -0.170. The van der Waals surface area contributed by atoms with E-state index in [1.165, 1.54) is 16.6 Å². The number of rotatable bonds is 10. The van der Waals surface area contributed by atoms with Crippen LogP contribution in [0.25, 0.3) is 33.3 Å². The molecule has 7 rings (SSSR count). The van der Waals surface area contributed by atoms with Crippen LogP contribution in [0.3, 0.4) is 0 Å². The van der Waals surface area contributed by atoms with Crippen molar-refractivity contribution in [1.82, 2.24) is 34.7 Å². The highest BCUT2D eigenvalue weighted by molar-refractivity contribution is 6.13. The summed E-state index contributed by atoms with van der Waals surface area (Å²) in [5.74, 6) is -1.52. The van der Waals surface area contributed by atoms with E-state index < -0.39 is 23.8 Å². The Hall–Kier alpha value is -6.50. The normalized spacial score (nSPS) is 14.2. The highest BCUT2D eigenvalue weighted by Crippen LogP contribution is 2.29. The van der Waals surface area contributed by atoms with Gasteiger partial charge in [-0.3, -0.25) is 29.1 Å². The third kappa shape index (κ3) is 6.80. The molecule has 0 spiro atoms. The topological polar surface area (TPSA) is 151 Å². The third-order valence-corrected chi connectivity index (χ3v) is 9.34. The number of hydrazine groups is 1. The summed E-state index contributed by atoms with van der Waals surface area (Å²) in [5, 5.41) is 10.6. The first-order chi connectivity index (χ1) is 25.2. The van der Waals surface area contributed by atoms with Gasteiger partial charge < -0.3 is 10.2 Å². The fourth-order valence-electron chi connectivity index (χ4n) is 6.73. The number of urea groups is 1. The molecule has 0 aliphatic carbocycles. The van der Waals surface area contributed by atoms with E-state index in [0.29, 0.717) is 55.8 Å².